The minimum absolute atomic E-state index is 0.0180. The highest BCUT2D eigenvalue weighted by atomic mass is 32.2. The van der Waals surface area contributed by atoms with Gasteiger partial charge in [0.25, 0.3) is 5.56 Å². The number of hydrogen-bond donors (Lipinski definition) is 3. The van der Waals surface area contributed by atoms with Crippen LogP contribution in [-0.2, 0) is 14.6 Å². The number of anilines is 1. The molecule has 29 heavy (non-hydrogen) atoms. The van der Waals surface area contributed by atoms with Crippen LogP contribution in [0, 0.1) is 0 Å². The predicted octanol–water partition coefficient (Wildman–Crippen LogP) is 2.34. The van der Waals surface area contributed by atoms with E-state index in [0.29, 0.717) is 5.56 Å². The summed E-state index contributed by atoms with van der Waals surface area (Å²) in [6.07, 6.45) is 0. The lowest BCUT2D eigenvalue weighted by molar-refractivity contribution is 0.0525. The van der Waals surface area contributed by atoms with Gasteiger partial charge in [0.15, 0.2) is 0 Å². The molecule has 3 aromatic rings. The van der Waals surface area contributed by atoms with E-state index in [-0.39, 0.29) is 27.8 Å². The Morgan fingerprint density at radius 3 is 2.21 bits per heavy atom. The SMILES string of the molecule is CCOC(=O)c1c(-c2ccccc2)c(S(=O)(=O)c2ccccc2)c(NN)[nH]c1=O. The first-order valence-corrected chi connectivity index (χ1v) is 10.2. The first kappa shape index (κ1) is 20.3. The molecule has 0 aliphatic carbocycles. The molecule has 0 bridgehead atoms. The molecule has 4 N–H and O–H groups in total. The Labute approximate surface area is 167 Å². The van der Waals surface area contributed by atoms with Gasteiger partial charge in [0, 0.05) is 5.56 Å². The van der Waals surface area contributed by atoms with E-state index >= 15 is 0 Å². The molecule has 0 spiro atoms. The Kier molecular flexibility index (Phi) is 5.81. The normalized spacial score (nSPS) is 11.1. The number of nitrogen functional groups attached to an aromatic ring is 1. The number of hydrazine groups is 1. The number of benzene rings is 2. The maximum absolute atomic E-state index is 13.5. The zero-order valence-electron chi connectivity index (χ0n) is 15.5. The maximum atomic E-state index is 13.5. The van der Waals surface area contributed by atoms with Crippen molar-refractivity contribution in [1.82, 2.24) is 4.98 Å². The fraction of sp³-hybridized carbons (Fsp3) is 0.100. The largest absolute Gasteiger partial charge is 0.462 e. The highest BCUT2D eigenvalue weighted by molar-refractivity contribution is 7.91. The lowest BCUT2D eigenvalue weighted by Crippen LogP contribution is -2.27. The summed E-state index contributed by atoms with van der Waals surface area (Å²) in [5, 5.41) is 0. The molecule has 3 rings (SSSR count). The van der Waals surface area contributed by atoms with Crippen molar-refractivity contribution in [2.45, 2.75) is 16.7 Å². The molecule has 1 aromatic heterocycles. The Bertz CT molecular complexity index is 1190. The van der Waals surface area contributed by atoms with Crippen molar-refractivity contribution in [3.05, 3.63) is 76.6 Å². The van der Waals surface area contributed by atoms with Gasteiger partial charge in [-0.3, -0.25) is 4.79 Å². The van der Waals surface area contributed by atoms with Crippen molar-refractivity contribution in [2.75, 3.05) is 12.0 Å². The number of pyridine rings is 1. The van der Waals surface area contributed by atoms with Gasteiger partial charge >= 0.3 is 5.97 Å². The number of esters is 1. The van der Waals surface area contributed by atoms with E-state index < -0.39 is 26.9 Å². The molecule has 1 heterocycles. The van der Waals surface area contributed by atoms with Gasteiger partial charge in [0.1, 0.15) is 16.3 Å². The van der Waals surface area contributed by atoms with Crippen LogP contribution in [0.4, 0.5) is 5.82 Å². The Balaban J connectivity index is 2.49. The zero-order chi connectivity index (χ0) is 21.0. The molecule has 0 aliphatic heterocycles. The number of H-pyrrole nitrogens is 1. The third-order valence-corrected chi connectivity index (χ3v) is 6.02. The maximum Gasteiger partial charge on any atom is 0.344 e. The minimum Gasteiger partial charge on any atom is -0.462 e. The van der Waals surface area contributed by atoms with E-state index in [1.807, 2.05) is 0 Å². The van der Waals surface area contributed by atoms with Crippen molar-refractivity contribution in [3.63, 3.8) is 0 Å². The molecule has 0 saturated heterocycles. The Hall–Kier alpha value is -3.43. The molecular weight excluding hydrogens is 394 g/mol. The van der Waals surface area contributed by atoms with E-state index in [0.717, 1.165) is 0 Å². The molecule has 0 radical (unpaired) electrons. The van der Waals surface area contributed by atoms with Gasteiger partial charge in [-0.2, -0.15) is 0 Å². The van der Waals surface area contributed by atoms with Crippen LogP contribution in [0.15, 0.2) is 75.2 Å². The number of aromatic amines is 1. The molecule has 0 fully saturated rings. The number of rotatable bonds is 6. The van der Waals surface area contributed by atoms with Gasteiger partial charge in [0.05, 0.1) is 11.5 Å². The summed E-state index contributed by atoms with van der Waals surface area (Å²) < 4.78 is 32.0. The van der Waals surface area contributed by atoms with Gasteiger partial charge in [-0.15, -0.1) is 0 Å². The third-order valence-electron chi connectivity index (χ3n) is 4.18. The molecule has 150 valence electrons. The first-order chi connectivity index (χ1) is 13.9. The second kappa shape index (κ2) is 8.29. The van der Waals surface area contributed by atoms with E-state index in [4.69, 9.17) is 10.6 Å². The monoisotopic (exact) mass is 413 g/mol. The highest BCUT2D eigenvalue weighted by Crippen LogP contribution is 2.36. The lowest BCUT2D eigenvalue weighted by atomic mass is 10.0. The summed E-state index contributed by atoms with van der Waals surface area (Å²) in [6.45, 7) is 1.61. The molecule has 0 amide bonds. The van der Waals surface area contributed by atoms with Crippen LogP contribution in [0.25, 0.3) is 11.1 Å². The number of carbonyl (C=O) groups is 1. The summed E-state index contributed by atoms with van der Waals surface area (Å²) in [4.78, 5) is 27.3. The predicted molar refractivity (Wildman–Crippen MR) is 108 cm³/mol. The van der Waals surface area contributed by atoms with Gasteiger partial charge < -0.3 is 15.1 Å². The second-order valence-electron chi connectivity index (χ2n) is 5.96. The summed E-state index contributed by atoms with van der Waals surface area (Å²) in [7, 11) is -4.17. The standard InChI is InChI=1S/C20H19N3O5S/c1-2-28-20(25)16-15(13-9-5-3-6-10-13)17(18(23-21)22-19(16)24)29(26,27)14-11-7-4-8-12-14/h3-12H,2,21H2,1H3,(H2,22,23,24). The average molecular weight is 413 g/mol. The number of hydrogen-bond acceptors (Lipinski definition) is 7. The van der Waals surface area contributed by atoms with Gasteiger partial charge in [-0.05, 0) is 24.6 Å². The summed E-state index contributed by atoms with van der Waals surface area (Å²) in [6, 6.07) is 15.9. The summed E-state index contributed by atoms with van der Waals surface area (Å²) in [5.74, 6) is 4.36. The molecule has 0 saturated carbocycles. The average Bonchev–Trinajstić information content (AvgIpc) is 2.74. The van der Waals surface area contributed by atoms with E-state index in [9.17, 15) is 18.0 Å². The number of ether oxygens (including phenoxy) is 1. The van der Waals surface area contributed by atoms with Crippen molar-refractivity contribution >= 4 is 21.6 Å². The van der Waals surface area contributed by atoms with E-state index in [1.165, 1.54) is 12.1 Å². The van der Waals surface area contributed by atoms with Crippen molar-refractivity contribution < 1.29 is 17.9 Å². The van der Waals surface area contributed by atoms with Crippen LogP contribution < -0.4 is 16.8 Å². The highest BCUT2D eigenvalue weighted by Gasteiger charge is 2.32. The van der Waals surface area contributed by atoms with Crippen LogP contribution in [0.3, 0.4) is 0 Å². The first-order valence-electron chi connectivity index (χ1n) is 8.71. The van der Waals surface area contributed by atoms with E-state index in [1.54, 1.807) is 55.5 Å². The quantitative estimate of drug-likeness (QED) is 0.321. The van der Waals surface area contributed by atoms with Gasteiger partial charge in [-0.1, -0.05) is 48.5 Å². The molecule has 0 atom stereocenters. The summed E-state index contributed by atoms with van der Waals surface area (Å²) in [5.41, 5.74) is 1.28. The molecular formula is C20H19N3O5S. The van der Waals surface area contributed by atoms with Crippen molar-refractivity contribution in [2.24, 2.45) is 5.84 Å². The number of sulfone groups is 1. The topological polar surface area (TPSA) is 131 Å². The number of nitrogens with two attached hydrogens (primary N) is 1. The third kappa shape index (κ3) is 3.78. The van der Waals surface area contributed by atoms with Gasteiger partial charge in [0.2, 0.25) is 9.84 Å². The lowest BCUT2D eigenvalue weighted by Gasteiger charge is -2.18. The number of nitrogens with one attached hydrogen (secondary N) is 2. The van der Waals surface area contributed by atoms with Crippen LogP contribution >= 0.6 is 0 Å². The minimum atomic E-state index is -4.17. The second-order valence-corrected chi connectivity index (χ2v) is 7.84. The van der Waals surface area contributed by atoms with Crippen molar-refractivity contribution in [3.8, 4) is 11.1 Å². The zero-order valence-corrected chi connectivity index (χ0v) is 16.3. The van der Waals surface area contributed by atoms with Crippen LogP contribution in [0.5, 0.6) is 0 Å². The molecule has 8 nitrogen and oxygen atoms in total. The molecule has 2 aromatic carbocycles. The summed E-state index contributed by atoms with van der Waals surface area (Å²) >= 11 is 0. The number of aromatic nitrogens is 1. The van der Waals surface area contributed by atoms with Crippen LogP contribution in [0.1, 0.15) is 17.3 Å². The number of carbonyl (C=O) groups excluding carboxylic acids is 1. The fourth-order valence-electron chi connectivity index (χ4n) is 2.95. The van der Waals surface area contributed by atoms with Crippen LogP contribution in [0.2, 0.25) is 0 Å². The Morgan fingerprint density at radius 1 is 1.07 bits per heavy atom. The molecule has 0 aliphatic rings. The van der Waals surface area contributed by atoms with Gasteiger partial charge in [-0.25, -0.2) is 19.1 Å². The fourth-order valence-corrected chi connectivity index (χ4v) is 4.57. The Morgan fingerprint density at radius 2 is 1.66 bits per heavy atom. The smallest absolute Gasteiger partial charge is 0.344 e. The van der Waals surface area contributed by atoms with Crippen LogP contribution in [-0.4, -0.2) is 26.0 Å². The molecule has 0 unspecified atom stereocenters. The molecule has 9 heteroatoms. The van der Waals surface area contributed by atoms with Crippen molar-refractivity contribution in [1.29, 1.82) is 0 Å². The van der Waals surface area contributed by atoms with E-state index in [2.05, 4.69) is 10.4 Å².